The standard InChI is InChI=1S/C18H29N3O2S/c1-3-6-15-13(4-2)11-16(24-15)18(23)21-10-5-7-14(12-21)17(22)20-9-8-19/h11,14H,3-10,12,19H2,1-2H3,(H,20,22). The molecule has 134 valence electrons. The Kier molecular flexibility index (Phi) is 7.24. The molecule has 1 fully saturated rings. The Labute approximate surface area is 148 Å². The number of hydrogen-bond acceptors (Lipinski definition) is 4. The number of hydrogen-bond donors (Lipinski definition) is 2. The van der Waals surface area contributed by atoms with Crippen LogP contribution in [0.1, 0.15) is 53.2 Å². The number of piperidine rings is 1. The molecular weight excluding hydrogens is 322 g/mol. The summed E-state index contributed by atoms with van der Waals surface area (Å²) in [5.74, 6) is -0.0200. The zero-order valence-electron chi connectivity index (χ0n) is 14.8. The van der Waals surface area contributed by atoms with Crippen molar-refractivity contribution in [1.29, 1.82) is 0 Å². The van der Waals surface area contributed by atoms with E-state index in [2.05, 4.69) is 25.2 Å². The van der Waals surface area contributed by atoms with Crippen LogP contribution in [-0.2, 0) is 17.6 Å². The van der Waals surface area contributed by atoms with Gasteiger partial charge in [0.15, 0.2) is 0 Å². The molecule has 3 N–H and O–H groups in total. The van der Waals surface area contributed by atoms with Gasteiger partial charge in [0.05, 0.1) is 10.8 Å². The van der Waals surface area contributed by atoms with Crippen LogP contribution in [0.2, 0.25) is 0 Å². The zero-order valence-corrected chi connectivity index (χ0v) is 15.6. The summed E-state index contributed by atoms with van der Waals surface area (Å²) in [7, 11) is 0. The van der Waals surface area contributed by atoms with E-state index in [9.17, 15) is 9.59 Å². The minimum atomic E-state index is -0.116. The van der Waals surface area contributed by atoms with Gasteiger partial charge in [0.25, 0.3) is 5.91 Å². The van der Waals surface area contributed by atoms with Gasteiger partial charge in [0.1, 0.15) is 0 Å². The molecule has 1 atom stereocenters. The van der Waals surface area contributed by atoms with E-state index < -0.39 is 0 Å². The normalized spacial score (nSPS) is 17.8. The van der Waals surface area contributed by atoms with Crippen molar-refractivity contribution in [2.24, 2.45) is 11.7 Å². The van der Waals surface area contributed by atoms with E-state index >= 15 is 0 Å². The average Bonchev–Trinajstić information content (AvgIpc) is 3.02. The third-order valence-corrected chi connectivity index (χ3v) is 5.71. The molecule has 2 amide bonds. The van der Waals surface area contributed by atoms with Crippen molar-refractivity contribution in [1.82, 2.24) is 10.2 Å². The molecule has 24 heavy (non-hydrogen) atoms. The molecule has 1 saturated heterocycles. The Balaban J connectivity index is 2.04. The first-order chi connectivity index (χ1) is 11.6. The van der Waals surface area contributed by atoms with E-state index in [0.717, 1.165) is 43.5 Å². The lowest BCUT2D eigenvalue weighted by Gasteiger charge is -2.31. The van der Waals surface area contributed by atoms with Gasteiger partial charge in [-0.1, -0.05) is 20.3 Å². The van der Waals surface area contributed by atoms with Crippen molar-refractivity contribution < 1.29 is 9.59 Å². The number of amides is 2. The highest BCUT2D eigenvalue weighted by molar-refractivity contribution is 7.14. The Morgan fingerprint density at radius 1 is 1.42 bits per heavy atom. The number of rotatable bonds is 7. The minimum Gasteiger partial charge on any atom is -0.355 e. The quantitative estimate of drug-likeness (QED) is 0.791. The molecule has 1 unspecified atom stereocenters. The number of nitrogens with one attached hydrogen (secondary N) is 1. The summed E-state index contributed by atoms with van der Waals surface area (Å²) in [5.41, 5.74) is 6.73. The molecule has 1 aromatic rings. The van der Waals surface area contributed by atoms with E-state index in [0.29, 0.717) is 19.6 Å². The van der Waals surface area contributed by atoms with Crippen LogP contribution in [0.4, 0.5) is 0 Å². The molecule has 0 aliphatic carbocycles. The Morgan fingerprint density at radius 3 is 2.88 bits per heavy atom. The zero-order chi connectivity index (χ0) is 17.5. The number of likely N-dealkylation sites (tertiary alicyclic amines) is 1. The molecule has 1 aliphatic rings. The summed E-state index contributed by atoms with van der Waals surface area (Å²) in [6.45, 7) is 6.48. The maximum absolute atomic E-state index is 12.9. The number of thiophene rings is 1. The Morgan fingerprint density at radius 2 is 2.21 bits per heavy atom. The van der Waals surface area contributed by atoms with Crippen LogP contribution in [0.5, 0.6) is 0 Å². The Bertz CT molecular complexity index is 571. The summed E-state index contributed by atoms with van der Waals surface area (Å²) in [6, 6.07) is 2.05. The Hall–Kier alpha value is -1.40. The third-order valence-electron chi connectivity index (χ3n) is 4.49. The summed E-state index contributed by atoms with van der Waals surface area (Å²) < 4.78 is 0. The fraction of sp³-hybridized carbons (Fsp3) is 0.667. The minimum absolute atomic E-state index is 0.0186. The van der Waals surface area contributed by atoms with Gasteiger partial charge in [0.2, 0.25) is 5.91 Å². The monoisotopic (exact) mass is 351 g/mol. The molecule has 2 rings (SSSR count). The van der Waals surface area contributed by atoms with Gasteiger partial charge in [-0.2, -0.15) is 0 Å². The number of nitrogens with two attached hydrogens (primary N) is 1. The van der Waals surface area contributed by atoms with Crippen molar-refractivity contribution in [3.8, 4) is 0 Å². The average molecular weight is 352 g/mol. The van der Waals surface area contributed by atoms with Gasteiger partial charge in [-0.3, -0.25) is 9.59 Å². The highest BCUT2D eigenvalue weighted by Crippen LogP contribution is 2.27. The fourth-order valence-corrected chi connectivity index (χ4v) is 4.50. The third kappa shape index (κ3) is 4.57. The predicted octanol–water partition coefficient (Wildman–Crippen LogP) is 2.19. The van der Waals surface area contributed by atoms with Gasteiger partial charge < -0.3 is 16.0 Å². The largest absolute Gasteiger partial charge is 0.355 e. The smallest absolute Gasteiger partial charge is 0.263 e. The van der Waals surface area contributed by atoms with Crippen molar-refractivity contribution >= 4 is 23.2 Å². The molecule has 0 spiro atoms. The second-order valence-electron chi connectivity index (χ2n) is 6.33. The first-order valence-electron chi connectivity index (χ1n) is 8.99. The molecule has 1 aliphatic heterocycles. The number of carbonyl (C=O) groups is 2. The molecule has 1 aromatic heterocycles. The fourth-order valence-electron chi connectivity index (χ4n) is 3.18. The van der Waals surface area contributed by atoms with E-state index in [1.54, 1.807) is 11.3 Å². The van der Waals surface area contributed by atoms with E-state index in [-0.39, 0.29) is 17.7 Å². The lowest BCUT2D eigenvalue weighted by molar-refractivity contribution is -0.126. The van der Waals surface area contributed by atoms with Crippen molar-refractivity contribution in [3.05, 3.63) is 21.4 Å². The maximum atomic E-state index is 12.9. The van der Waals surface area contributed by atoms with Gasteiger partial charge in [-0.05, 0) is 37.3 Å². The second-order valence-corrected chi connectivity index (χ2v) is 7.47. The predicted molar refractivity (Wildman–Crippen MR) is 98.4 cm³/mol. The number of aryl methyl sites for hydroxylation is 2. The highest BCUT2D eigenvalue weighted by atomic mass is 32.1. The first-order valence-corrected chi connectivity index (χ1v) is 9.80. The lowest BCUT2D eigenvalue weighted by Crippen LogP contribution is -2.46. The maximum Gasteiger partial charge on any atom is 0.263 e. The highest BCUT2D eigenvalue weighted by Gasteiger charge is 2.29. The van der Waals surface area contributed by atoms with E-state index in [4.69, 9.17) is 5.73 Å². The van der Waals surface area contributed by atoms with Crippen LogP contribution in [0.25, 0.3) is 0 Å². The van der Waals surface area contributed by atoms with Crippen LogP contribution < -0.4 is 11.1 Å². The van der Waals surface area contributed by atoms with E-state index in [1.165, 1.54) is 10.4 Å². The SMILES string of the molecule is CCCc1sc(C(=O)N2CCCC(C(=O)NCCN)C2)cc1CC. The molecule has 0 radical (unpaired) electrons. The molecule has 5 nitrogen and oxygen atoms in total. The lowest BCUT2D eigenvalue weighted by atomic mass is 9.97. The van der Waals surface area contributed by atoms with Crippen LogP contribution in [0.3, 0.4) is 0 Å². The summed E-state index contributed by atoms with van der Waals surface area (Å²) in [6.07, 6.45) is 4.80. The summed E-state index contributed by atoms with van der Waals surface area (Å²) in [4.78, 5) is 29.0. The summed E-state index contributed by atoms with van der Waals surface area (Å²) >= 11 is 1.63. The van der Waals surface area contributed by atoms with Crippen molar-refractivity contribution in [2.45, 2.75) is 46.0 Å². The molecule has 0 aromatic carbocycles. The molecule has 0 bridgehead atoms. The van der Waals surface area contributed by atoms with Crippen molar-refractivity contribution in [3.63, 3.8) is 0 Å². The van der Waals surface area contributed by atoms with Gasteiger partial charge in [0, 0.05) is 31.1 Å². The van der Waals surface area contributed by atoms with Crippen LogP contribution >= 0.6 is 11.3 Å². The second kappa shape index (κ2) is 9.18. The molecule has 2 heterocycles. The molecule has 0 saturated carbocycles. The van der Waals surface area contributed by atoms with Gasteiger partial charge in [-0.15, -0.1) is 11.3 Å². The van der Waals surface area contributed by atoms with Crippen molar-refractivity contribution in [2.75, 3.05) is 26.2 Å². The molecular formula is C18H29N3O2S. The number of carbonyl (C=O) groups excluding carboxylic acids is 2. The topological polar surface area (TPSA) is 75.4 Å². The number of nitrogens with zero attached hydrogens (tertiary/aromatic N) is 1. The van der Waals surface area contributed by atoms with Crippen LogP contribution in [0.15, 0.2) is 6.07 Å². The summed E-state index contributed by atoms with van der Waals surface area (Å²) in [5, 5.41) is 2.84. The van der Waals surface area contributed by atoms with Crippen LogP contribution in [0, 0.1) is 5.92 Å². The van der Waals surface area contributed by atoms with Gasteiger partial charge in [-0.25, -0.2) is 0 Å². The molecule has 6 heteroatoms. The first kappa shape index (κ1) is 18.9. The van der Waals surface area contributed by atoms with Crippen LogP contribution in [-0.4, -0.2) is 42.9 Å². The van der Waals surface area contributed by atoms with E-state index in [1.807, 2.05) is 4.90 Å². The van der Waals surface area contributed by atoms with Gasteiger partial charge >= 0.3 is 0 Å².